The monoisotopic (exact) mass is 653 g/mol. The normalized spacial score (nSPS) is 29.0. The summed E-state index contributed by atoms with van der Waals surface area (Å²) in [4.78, 5) is 12.3. The van der Waals surface area contributed by atoms with Crippen molar-refractivity contribution in [2.45, 2.75) is 56.3 Å². The Labute approximate surface area is 267 Å². The molecule has 3 fully saturated rings. The van der Waals surface area contributed by atoms with Crippen molar-refractivity contribution in [2.24, 2.45) is 5.41 Å². The minimum Gasteiger partial charge on any atom is -0.473 e. The fraction of sp³-hybridized carbons (Fsp3) is 0.406. The van der Waals surface area contributed by atoms with Gasteiger partial charge in [-0.05, 0) is 56.7 Å². The van der Waals surface area contributed by atoms with E-state index in [2.05, 4.69) is 26.3 Å². The van der Waals surface area contributed by atoms with Crippen LogP contribution < -0.4 is 15.8 Å². The third-order valence-corrected chi connectivity index (χ3v) is 11.2. The summed E-state index contributed by atoms with van der Waals surface area (Å²) in [5, 5.41) is 14.8. The number of nitriles is 1. The van der Waals surface area contributed by atoms with Gasteiger partial charge in [0.1, 0.15) is 29.0 Å². The average molecular weight is 654 g/mol. The largest absolute Gasteiger partial charge is 0.473 e. The maximum Gasteiger partial charge on any atom is 0.184 e. The van der Waals surface area contributed by atoms with Gasteiger partial charge >= 0.3 is 0 Å². The van der Waals surface area contributed by atoms with Crippen molar-refractivity contribution >= 4 is 48.9 Å². The molecule has 3 aliphatic rings. The van der Waals surface area contributed by atoms with Gasteiger partial charge in [0.25, 0.3) is 0 Å². The maximum atomic E-state index is 15.9. The number of anilines is 1. The molecule has 4 aromatic rings. The fourth-order valence-electron chi connectivity index (χ4n) is 7.47. The molecule has 0 amide bonds. The van der Waals surface area contributed by atoms with E-state index in [0.717, 1.165) is 12.8 Å². The van der Waals surface area contributed by atoms with Crippen molar-refractivity contribution in [3.63, 3.8) is 0 Å². The van der Waals surface area contributed by atoms with Crippen LogP contribution in [0.25, 0.3) is 32.1 Å². The van der Waals surface area contributed by atoms with Gasteiger partial charge in [-0.15, -0.1) is 11.3 Å². The molecule has 0 radical (unpaired) electrons. The zero-order valence-corrected chi connectivity index (χ0v) is 26.2. The van der Waals surface area contributed by atoms with Crippen molar-refractivity contribution in [3.8, 4) is 22.9 Å². The highest BCUT2D eigenvalue weighted by molar-refractivity contribution is 7.23. The smallest absolute Gasteiger partial charge is 0.184 e. The molecule has 45 heavy (non-hydrogen) atoms. The van der Waals surface area contributed by atoms with Crippen molar-refractivity contribution in [1.82, 2.24) is 25.1 Å². The number of nitrogens with zero attached hydrogens (tertiary/aromatic N) is 5. The first-order valence-electron chi connectivity index (χ1n) is 14.7. The first-order valence-corrected chi connectivity index (χ1v) is 16.0. The molecule has 234 valence electrons. The summed E-state index contributed by atoms with van der Waals surface area (Å²) in [7, 11) is 1.69. The number of likely N-dealkylation sites (tertiary alicyclic amines) is 2. The number of fused-ring (bicyclic) bond motifs is 4. The summed E-state index contributed by atoms with van der Waals surface area (Å²) in [6.45, 7) is 3.10. The second-order valence-electron chi connectivity index (χ2n) is 12.3. The van der Waals surface area contributed by atoms with Gasteiger partial charge in [-0.1, -0.05) is 11.6 Å². The van der Waals surface area contributed by atoms with Gasteiger partial charge in [-0.3, -0.25) is 9.80 Å². The van der Waals surface area contributed by atoms with Crippen LogP contribution in [0.15, 0.2) is 48.7 Å². The molecule has 3 saturated heterocycles. The van der Waals surface area contributed by atoms with E-state index >= 15 is 8.78 Å². The lowest BCUT2D eigenvalue weighted by atomic mass is 9.73. The number of nitrogen functional groups attached to an aromatic ring is 1. The number of rotatable bonds is 5. The fourth-order valence-corrected chi connectivity index (χ4v) is 8.75. The number of nitrogens with one attached hydrogen (secondary N) is 1. The number of piperazine rings is 1. The second kappa shape index (κ2) is 11.4. The third kappa shape index (κ3) is 4.84. The van der Waals surface area contributed by atoms with E-state index in [4.69, 9.17) is 22.1 Å². The minimum atomic E-state index is -1.42. The number of nitrogens with two attached hydrogens (primary N) is 1. The summed E-state index contributed by atoms with van der Waals surface area (Å²) in [5.41, 5.74) is 4.99. The van der Waals surface area contributed by atoms with Crippen LogP contribution in [0.3, 0.4) is 0 Å². The third-order valence-electron chi connectivity index (χ3n) is 9.69. The lowest BCUT2D eigenvalue weighted by Gasteiger charge is -2.56. The Morgan fingerprint density at radius 3 is 2.76 bits per heavy atom. The lowest BCUT2D eigenvalue weighted by Crippen LogP contribution is -2.68. The molecule has 7 rings (SSSR count). The van der Waals surface area contributed by atoms with E-state index in [0.29, 0.717) is 46.0 Å². The van der Waals surface area contributed by atoms with E-state index in [1.807, 2.05) is 0 Å². The van der Waals surface area contributed by atoms with Crippen LogP contribution in [-0.2, 0) is 0 Å². The lowest BCUT2D eigenvalue weighted by molar-refractivity contribution is -0.121. The minimum absolute atomic E-state index is 0.114. The Hall–Kier alpha value is -3.47. The predicted octanol–water partition coefficient (Wildman–Crippen LogP) is 6.30. The summed E-state index contributed by atoms with van der Waals surface area (Å²) in [5.74, 6) is -0.412. The molecule has 0 spiro atoms. The van der Waals surface area contributed by atoms with Crippen LogP contribution in [0, 0.1) is 22.6 Å². The molecule has 5 heterocycles. The van der Waals surface area contributed by atoms with Gasteiger partial charge in [0.15, 0.2) is 11.9 Å². The van der Waals surface area contributed by atoms with Gasteiger partial charge in [-0.2, -0.15) is 5.26 Å². The number of ether oxygens (including phenoxy) is 1. The number of hydrogen-bond donors (Lipinski definition) is 2. The molecular formula is C32H31ClF3N7OS. The van der Waals surface area contributed by atoms with Crippen molar-refractivity contribution in [2.75, 3.05) is 25.9 Å². The van der Waals surface area contributed by atoms with Crippen LogP contribution in [0.5, 0.6) is 5.75 Å². The standard InChI is InChI=1S/C32H31ClF3N7OS/c1-32(17(10-34)8-26(36)42(2)31(32)43-13-18-3-4-19(14-43)41-18)30(33)44-24-7-16-12-39-15-40-23(16)9-20(24)27-22(35)5-6-25-28(27)21(11-37)29(38)45-25/h5-7,9-10,12,15,18-19,26,30-31,41H,3-4,8,13-14,38H2,1-2H3/b17-10+/t18-,19+,26-,30-,31-,32+/m0/s1. The highest BCUT2D eigenvalue weighted by atomic mass is 35.5. The molecule has 2 aromatic carbocycles. The first-order chi connectivity index (χ1) is 21.6. The molecular weight excluding hydrogens is 623 g/mol. The number of thiophene rings is 1. The Kier molecular flexibility index (Phi) is 7.65. The van der Waals surface area contributed by atoms with Crippen LogP contribution in [-0.4, -0.2) is 70.0 Å². The van der Waals surface area contributed by atoms with Gasteiger partial charge in [0, 0.05) is 64.4 Å². The number of benzene rings is 2. The molecule has 0 unspecified atom stereocenters. The van der Waals surface area contributed by atoms with E-state index in [9.17, 15) is 9.65 Å². The zero-order valence-electron chi connectivity index (χ0n) is 24.6. The molecule has 2 bridgehead atoms. The average Bonchev–Trinajstić information content (AvgIpc) is 3.54. The first kappa shape index (κ1) is 30.2. The van der Waals surface area contributed by atoms with E-state index in [1.165, 1.54) is 23.7 Å². The second-order valence-corrected chi connectivity index (χ2v) is 13.8. The van der Waals surface area contributed by atoms with Gasteiger partial charge < -0.3 is 15.8 Å². The molecule has 3 aliphatic heterocycles. The summed E-state index contributed by atoms with van der Waals surface area (Å²) >= 11 is 8.43. The van der Waals surface area contributed by atoms with Crippen LogP contribution >= 0.6 is 22.9 Å². The molecule has 0 aliphatic carbocycles. The summed E-state index contributed by atoms with van der Waals surface area (Å²) in [6.07, 6.45) is 3.21. The SMILES string of the molecule is CN1[C@H](F)C/C(=C\F)[C@](C)([C@@H](Cl)Oc2cc3cncnc3cc2-c2c(F)ccc3sc(N)c(C#N)c23)[C@@H]1N1C[C@H]2CC[C@@H](C1)N2. The number of piperidine rings is 1. The highest BCUT2D eigenvalue weighted by Crippen LogP contribution is 2.51. The maximum absolute atomic E-state index is 15.9. The molecule has 0 saturated carbocycles. The number of aromatic nitrogens is 2. The number of hydrogen-bond acceptors (Lipinski definition) is 9. The number of halogens is 4. The predicted molar refractivity (Wildman–Crippen MR) is 170 cm³/mol. The highest BCUT2D eigenvalue weighted by Gasteiger charge is 2.56. The molecule has 3 N–H and O–H groups in total. The van der Waals surface area contributed by atoms with Crippen LogP contribution in [0.2, 0.25) is 0 Å². The Balaban J connectivity index is 1.38. The Morgan fingerprint density at radius 1 is 1.29 bits per heavy atom. The number of alkyl halides is 2. The quantitative estimate of drug-likeness (QED) is 0.191. The van der Waals surface area contributed by atoms with Crippen molar-refractivity contribution < 1.29 is 17.9 Å². The zero-order chi connectivity index (χ0) is 31.6. The molecule has 8 nitrogen and oxygen atoms in total. The van der Waals surface area contributed by atoms with Gasteiger partial charge in [0.05, 0.1) is 29.0 Å². The topological polar surface area (TPSA) is 103 Å². The van der Waals surface area contributed by atoms with E-state index in [1.54, 1.807) is 43.3 Å². The van der Waals surface area contributed by atoms with Crippen molar-refractivity contribution in [1.29, 1.82) is 5.26 Å². The van der Waals surface area contributed by atoms with E-state index < -0.39 is 29.3 Å². The van der Waals surface area contributed by atoms with Gasteiger partial charge in [0.2, 0.25) is 0 Å². The molecule has 2 aromatic heterocycles. The van der Waals surface area contributed by atoms with Crippen LogP contribution in [0.4, 0.5) is 18.2 Å². The molecule has 6 atom stereocenters. The Bertz CT molecular complexity index is 1870. The van der Waals surface area contributed by atoms with Gasteiger partial charge in [-0.25, -0.2) is 23.1 Å². The van der Waals surface area contributed by atoms with Crippen LogP contribution in [0.1, 0.15) is 31.7 Å². The van der Waals surface area contributed by atoms with Crippen molar-refractivity contribution in [3.05, 3.63) is 60.1 Å². The van der Waals surface area contributed by atoms with E-state index in [-0.39, 0.29) is 46.0 Å². The molecule has 13 heteroatoms. The summed E-state index contributed by atoms with van der Waals surface area (Å²) in [6, 6.07) is 8.83. The Morgan fingerprint density at radius 2 is 2.04 bits per heavy atom. The summed E-state index contributed by atoms with van der Waals surface area (Å²) < 4.78 is 53.3.